The molecule has 3 rings (SSSR count). The van der Waals surface area contributed by atoms with Crippen LogP contribution in [-0.4, -0.2) is 19.2 Å². The summed E-state index contributed by atoms with van der Waals surface area (Å²) in [5.41, 5.74) is 0.775. The molecule has 1 aromatic rings. The lowest BCUT2D eigenvalue weighted by atomic mass is 9.94. The zero-order valence-electron chi connectivity index (χ0n) is 11.6. The van der Waals surface area contributed by atoms with Gasteiger partial charge in [-0.25, -0.2) is 4.79 Å². The van der Waals surface area contributed by atoms with Crippen molar-refractivity contribution in [3.05, 3.63) is 42.5 Å². The first-order chi connectivity index (χ1) is 9.72. The predicted molar refractivity (Wildman–Crippen MR) is 76.4 cm³/mol. The Balaban J connectivity index is 1.40. The molecule has 1 aromatic carbocycles. The number of benzene rings is 1. The first-order valence-electron chi connectivity index (χ1n) is 7.27. The zero-order valence-corrected chi connectivity index (χ0v) is 11.6. The largest absolute Gasteiger partial charge is 0.490 e. The maximum atomic E-state index is 12.0. The molecule has 2 aliphatic rings. The summed E-state index contributed by atoms with van der Waals surface area (Å²) >= 11 is 0. The summed E-state index contributed by atoms with van der Waals surface area (Å²) in [6, 6.07) is 9.52. The van der Waals surface area contributed by atoms with E-state index < -0.39 is 0 Å². The van der Waals surface area contributed by atoms with E-state index in [1.165, 1.54) is 12.8 Å². The first-order valence-corrected chi connectivity index (χ1v) is 7.27. The summed E-state index contributed by atoms with van der Waals surface area (Å²) in [5.74, 6) is 1.23. The van der Waals surface area contributed by atoms with Gasteiger partial charge in [0.2, 0.25) is 0 Å². The van der Waals surface area contributed by atoms with E-state index in [4.69, 9.17) is 9.47 Å². The van der Waals surface area contributed by atoms with Crippen LogP contribution in [0.5, 0.6) is 5.75 Å². The first kappa shape index (κ1) is 13.2. The number of carbonyl (C=O) groups excluding carboxylic acids is 1. The lowest BCUT2D eigenvalue weighted by Gasteiger charge is -2.14. The van der Waals surface area contributed by atoms with E-state index in [-0.39, 0.29) is 18.0 Å². The van der Waals surface area contributed by atoms with Crippen LogP contribution in [0.4, 0.5) is 0 Å². The lowest BCUT2D eigenvalue weighted by Crippen LogP contribution is -2.18. The Bertz CT molecular complexity index is 508. The van der Waals surface area contributed by atoms with Crippen molar-refractivity contribution in [2.45, 2.75) is 25.7 Å². The topological polar surface area (TPSA) is 35.5 Å². The SMILES string of the molecule is C=C(C(=O)OCCOc1ccccc1)C12CCCC1C2. The molecule has 20 heavy (non-hydrogen) atoms. The number of para-hydroxylation sites is 1. The second-order valence-corrected chi connectivity index (χ2v) is 5.73. The van der Waals surface area contributed by atoms with E-state index in [0.717, 1.165) is 18.6 Å². The van der Waals surface area contributed by atoms with Gasteiger partial charge in [0.15, 0.2) is 0 Å². The number of hydrogen-bond donors (Lipinski definition) is 0. The van der Waals surface area contributed by atoms with Crippen LogP contribution >= 0.6 is 0 Å². The van der Waals surface area contributed by atoms with Crippen molar-refractivity contribution in [2.24, 2.45) is 11.3 Å². The predicted octanol–water partition coefficient (Wildman–Crippen LogP) is 3.36. The summed E-state index contributed by atoms with van der Waals surface area (Å²) < 4.78 is 10.8. The molecule has 0 radical (unpaired) electrons. The molecule has 2 fully saturated rings. The van der Waals surface area contributed by atoms with Crippen LogP contribution in [0.1, 0.15) is 25.7 Å². The molecule has 2 saturated carbocycles. The van der Waals surface area contributed by atoms with E-state index in [0.29, 0.717) is 18.1 Å². The molecule has 3 heteroatoms. The van der Waals surface area contributed by atoms with Crippen LogP contribution in [0.15, 0.2) is 42.5 Å². The van der Waals surface area contributed by atoms with E-state index in [2.05, 4.69) is 6.58 Å². The third-order valence-corrected chi connectivity index (χ3v) is 4.58. The van der Waals surface area contributed by atoms with Gasteiger partial charge >= 0.3 is 5.97 Å². The van der Waals surface area contributed by atoms with Crippen molar-refractivity contribution in [3.8, 4) is 5.75 Å². The Morgan fingerprint density at radius 3 is 2.75 bits per heavy atom. The molecule has 2 unspecified atom stereocenters. The molecule has 0 heterocycles. The highest BCUT2D eigenvalue weighted by atomic mass is 16.6. The van der Waals surface area contributed by atoms with Gasteiger partial charge in [-0.1, -0.05) is 31.2 Å². The van der Waals surface area contributed by atoms with Crippen molar-refractivity contribution >= 4 is 5.97 Å². The van der Waals surface area contributed by atoms with Crippen LogP contribution < -0.4 is 4.74 Å². The third kappa shape index (κ3) is 2.45. The van der Waals surface area contributed by atoms with Gasteiger partial charge < -0.3 is 9.47 Å². The highest BCUT2D eigenvalue weighted by molar-refractivity contribution is 5.90. The van der Waals surface area contributed by atoms with Crippen LogP contribution in [-0.2, 0) is 9.53 Å². The minimum atomic E-state index is -0.244. The van der Waals surface area contributed by atoms with E-state index in [9.17, 15) is 4.79 Å². The summed E-state index contributed by atoms with van der Waals surface area (Å²) in [7, 11) is 0. The van der Waals surface area contributed by atoms with Gasteiger partial charge in [0.25, 0.3) is 0 Å². The smallest absolute Gasteiger partial charge is 0.334 e. The fourth-order valence-electron chi connectivity index (χ4n) is 3.35. The molecule has 0 spiro atoms. The fraction of sp³-hybridized carbons (Fsp3) is 0.471. The summed E-state index contributed by atoms with van der Waals surface area (Å²) in [6.07, 6.45) is 4.69. The minimum Gasteiger partial charge on any atom is -0.490 e. The standard InChI is InChI=1S/C17H20O3/c1-13(17-9-5-6-14(17)12-17)16(18)20-11-10-19-15-7-3-2-4-8-15/h2-4,7-8,14H,1,5-6,9-12H2. The maximum Gasteiger partial charge on any atom is 0.334 e. The Morgan fingerprint density at radius 1 is 1.30 bits per heavy atom. The number of esters is 1. The third-order valence-electron chi connectivity index (χ3n) is 4.58. The lowest BCUT2D eigenvalue weighted by molar-refractivity contribution is -0.140. The molecule has 2 atom stereocenters. The highest BCUT2D eigenvalue weighted by Crippen LogP contribution is 2.67. The fourth-order valence-corrected chi connectivity index (χ4v) is 3.35. The second-order valence-electron chi connectivity index (χ2n) is 5.73. The van der Waals surface area contributed by atoms with E-state index >= 15 is 0 Å². The average Bonchev–Trinajstić information content (AvgIpc) is 3.05. The number of hydrogen-bond acceptors (Lipinski definition) is 3. The Labute approximate surface area is 119 Å². The van der Waals surface area contributed by atoms with Gasteiger partial charge in [0.05, 0.1) is 0 Å². The molecule has 0 N–H and O–H groups in total. The normalized spacial score (nSPS) is 26.7. The molecule has 0 aliphatic heterocycles. The van der Waals surface area contributed by atoms with Gasteiger partial charge in [-0.15, -0.1) is 0 Å². The van der Waals surface area contributed by atoms with Gasteiger partial charge in [0, 0.05) is 11.0 Å². The summed E-state index contributed by atoms with van der Waals surface area (Å²) in [5, 5.41) is 0. The number of ether oxygens (including phenoxy) is 2. The number of rotatable bonds is 6. The average molecular weight is 272 g/mol. The van der Waals surface area contributed by atoms with Crippen molar-refractivity contribution < 1.29 is 14.3 Å². The number of carbonyl (C=O) groups is 1. The zero-order chi connectivity index (χ0) is 14.0. The Hall–Kier alpha value is -1.77. The summed E-state index contributed by atoms with van der Waals surface area (Å²) in [4.78, 5) is 12.0. The molecular weight excluding hydrogens is 252 g/mol. The van der Waals surface area contributed by atoms with Crippen LogP contribution in [0.3, 0.4) is 0 Å². The van der Waals surface area contributed by atoms with E-state index in [1.807, 2.05) is 30.3 Å². The molecule has 0 saturated heterocycles. The Morgan fingerprint density at radius 2 is 2.10 bits per heavy atom. The quantitative estimate of drug-likeness (QED) is 0.452. The second kappa shape index (κ2) is 5.31. The monoisotopic (exact) mass is 272 g/mol. The van der Waals surface area contributed by atoms with Gasteiger partial charge in [-0.3, -0.25) is 0 Å². The van der Waals surface area contributed by atoms with Crippen molar-refractivity contribution in [3.63, 3.8) is 0 Å². The van der Waals surface area contributed by atoms with Crippen LogP contribution in [0.25, 0.3) is 0 Å². The molecule has 106 valence electrons. The van der Waals surface area contributed by atoms with Gasteiger partial charge in [-0.05, 0) is 37.3 Å². The Kier molecular flexibility index (Phi) is 3.51. The van der Waals surface area contributed by atoms with Crippen LogP contribution in [0.2, 0.25) is 0 Å². The molecule has 2 aliphatic carbocycles. The molecule has 0 bridgehead atoms. The van der Waals surface area contributed by atoms with Crippen molar-refractivity contribution in [2.75, 3.05) is 13.2 Å². The van der Waals surface area contributed by atoms with Gasteiger partial charge in [-0.2, -0.15) is 0 Å². The van der Waals surface area contributed by atoms with E-state index in [1.54, 1.807) is 0 Å². The van der Waals surface area contributed by atoms with Gasteiger partial charge in [0.1, 0.15) is 19.0 Å². The number of fused-ring (bicyclic) bond motifs is 1. The van der Waals surface area contributed by atoms with Crippen molar-refractivity contribution in [1.82, 2.24) is 0 Å². The molecule has 3 nitrogen and oxygen atoms in total. The van der Waals surface area contributed by atoms with Crippen molar-refractivity contribution in [1.29, 1.82) is 0 Å². The van der Waals surface area contributed by atoms with Crippen LogP contribution in [0, 0.1) is 11.3 Å². The maximum absolute atomic E-state index is 12.0. The summed E-state index contributed by atoms with van der Waals surface area (Å²) in [6.45, 7) is 4.62. The molecule has 0 aromatic heterocycles. The molecule has 0 amide bonds. The minimum absolute atomic E-state index is 0.0946. The molecular formula is C17H20O3. The highest BCUT2D eigenvalue weighted by Gasteiger charge is 2.60.